The van der Waals surface area contributed by atoms with Crippen molar-refractivity contribution in [1.82, 2.24) is 20.1 Å². The third-order valence-electron chi connectivity index (χ3n) is 7.39. The number of aryl methyl sites for hydroxylation is 1. The van der Waals surface area contributed by atoms with E-state index in [9.17, 15) is 36.2 Å². The van der Waals surface area contributed by atoms with Crippen LogP contribution in [0, 0.1) is 6.92 Å². The van der Waals surface area contributed by atoms with Crippen LogP contribution in [0.5, 0.6) is 0 Å². The zero-order valence-corrected chi connectivity index (χ0v) is 22.4. The second-order valence-electron chi connectivity index (χ2n) is 10.1. The molecular weight excluding hydrogens is 550 g/mol. The summed E-state index contributed by atoms with van der Waals surface area (Å²) in [5.41, 5.74) is -2.50. The van der Waals surface area contributed by atoms with Crippen molar-refractivity contribution >= 4 is 5.91 Å². The van der Waals surface area contributed by atoms with E-state index in [-0.39, 0.29) is 11.9 Å². The molecule has 0 bridgehead atoms. The summed E-state index contributed by atoms with van der Waals surface area (Å²) in [4.78, 5) is 21.1. The van der Waals surface area contributed by atoms with Crippen molar-refractivity contribution in [2.75, 3.05) is 26.7 Å². The highest BCUT2D eigenvalue weighted by Gasteiger charge is 2.71. The molecule has 0 aliphatic carbocycles. The second-order valence-corrected chi connectivity index (χ2v) is 10.1. The van der Waals surface area contributed by atoms with Gasteiger partial charge in [-0.05, 0) is 46.9 Å². The van der Waals surface area contributed by atoms with Gasteiger partial charge in [-0.15, -0.1) is 0 Å². The van der Waals surface area contributed by atoms with E-state index in [1.54, 1.807) is 32.4 Å². The topological polar surface area (TPSA) is 68.7 Å². The summed E-state index contributed by atoms with van der Waals surface area (Å²) in [7, 11) is 1.59. The van der Waals surface area contributed by atoms with Gasteiger partial charge < -0.3 is 10.4 Å². The van der Waals surface area contributed by atoms with Crippen molar-refractivity contribution < 1.29 is 36.2 Å². The van der Waals surface area contributed by atoms with E-state index < -0.39 is 23.5 Å². The molecule has 1 amide bonds. The molecule has 1 fully saturated rings. The van der Waals surface area contributed by atoms with Gasteiger partial charge in [-0.3, -0.25) is 19.6 Å². The molecule has 2 N–H and O–H groups in total. The van der Waals surface area contributed by atoms with Crippen LogP contribution in [0.2, 0.25) is 0 Å². The number of likely N-dealkylation sites (N-methyl/N-ethyl adjacent to an activating group) is 1. The van der Waals surface area contributed by atoms with Crippen LogP contribution >= 0.6 is 0 Å². The van der Waals surface area contributed by atoms with Crippen LogP contribution in [0.1, 0.15) is 22.3 Å². The molecule has 1 aromatic heterocycles. The second kappa shape index (κ2) is 11.8. The average molecular weight is 581 g/mol. The number of piperazine rings is 1. The fourth-order valence-electron chi connectivity index (χ4n) is 5.13. The zero-order chi connectivity index (χ0) is 30.0. The van der Waals surface area contributed by atoms with Gasteiger partial charge >= 0.3 is 12.4 Å². The van der Waals surface area contributed by atoms with E-state index in [0.717, 1.165) is 35.4 Å². The number of aliphatic hydroxyl groups is 1. The van der Waals surface area contributed by atoms with Crippen molar-refractivity contribution in [1.29, 1.82) is 0 Å². The molecular formula is C29H30F6N4O2. The molecule has 6 nitrogen and oxygen atoms in total. The van der Waals surface area contributed by atoms with Gasteiger partial charge in [0.25, 0.3) is 5.60 Å². The number of hydrogen-bond acceptors (Lipinski definition) is 5. The fraction of sp³-hybridized carbons (Fsp3) is 0.379. The Hall–Kier alpha value is -3.48. The maximum Gasteiger partial charge on any atom is 0.430 e. The molecule has 1 aliphatic heterocycles. The predicted octanol–water partition coefficient (Wildman–Crippen LogP) is 4.80. The minimum absolute atomic E-state index is 0.101. The molecule has 1 atom stereocenters. The number of halogens is 6. The smallest absolute Gasteiger partial charge is 0.369 e. The lowest BCUT2D eigenvalue weighted by molar-refractivity contribution is -0.376. The molecule has 12 heteroatoms. The van der Waals surface area contributed by atoms with Gasteiger partial charge in [-0.2, -0.15) is 26.3 Å². The van der Waals surface area contributed by atoms with Crippen LogP contribution in [0.3, 0.4) is 0 Å². The number of benzene rings is 2. The van der Waals surface area contributed by atoms with E-state index in [0.29, 0.717) is 49.4 Å². The maximum atomic E-state index is 13.2. The average Bonchev–Trinajstić information content (AvgIpc) is 2.92. The summed E-state index contributed by atoms with van der Waals surface area (Å²) < 4.78 is 79.4. The number of nitrogens with one attached hydrogen (secondary N) is 1. The maximum absolute atomic E-state index is 13.2. The van der Waals surface area contributed by atoms with Crippen molar-refractivity contribution in [3.05, 3.63) is 89.2 Å². The van der Waals surface area contributed by atoms with E-state index in [1.807, 2.05) is 24.3 Å². The summed E-state index contributed by atoms with van der Waals surface area (Å²) in [6.07, 6.45) is -8.43. The number of carbonyl (C=O) groups is 1. The predicted molar refractivity (Wildman–Crippen MR) is 140 cm³/mol. The molecule has 0 spiro atoms. The van der Waals surface area contributed by atoms with Gasteiger partial charge in [0.05, 0.1) is 0 Å². The number of carbonyl (C=O) groups excluding carboxylic acids is 1. The van der Waals surface area contributed by atoms with E-state index in [4.69, 9.17) is 0 Å². The number of pyridine rings is 1. The Balaban J connectivity index is 1.50. The largest absolute Gasteiger partial charge is 0.430 e. The van der Waals surface area contributed by atoms with Crippen LogP contribution in [0.15, 0.2) is 67.0 Å². The van der Waals surface area contributed by atoms with Crippen molar-refractivity contribution in [3.63, 3.8) is 0 Å². The van der Waals surface area contributed by atoms with Gasteiger partial charge in [0.1, 0.15) is 6.04 Å². The van der Waals surface area contributed by atoms with Crippen LogP contribution < -0.4 is 5.32 Å². The number of rotatable bonds is 7. The Bertz CT molecular complexity index is 1330. The molecule has 0 saturated carbocycles. The number of aromatic nitrogens is 1. The summed E-state index contributed by atoms with van der Waals surface area (Å²) in [5.74, 6) is -0.101. The molecule has 2 aromatic carbocycles. The number of alkyl halides is 6. The van der Waals surface area contributed by atoms with Gasteiger partial charge in [0.2, 0.25) is 5.91 Å². The Morgan fingerprint density at radius 3 is 2.12 bits per heavy atom. The Labute approximate surface area is 233 Å². The molecule has 220 valence electrons. The highest BCUT2D eigenvalue weighted by atomic mass is 19.4. The molecule has 1 saturated heterocycles. The van der Waals surface area contributed by atoms with Crippen LogP contribution in [-0.4, -0.2) is 70.9 Å². The van der Waals surface area contributed by atoms with Crippen molar-refractivity contribution in [3.8, 4) is 11.1 Å². The number of hydrogen-bond donors (Lipinski definition) is 2. The van der Waals surface area contributed by atoms with Crippen molar-refractivity contribution in [2.24, 2.45) is 0 Å². The minimum atomic E-state index is -5.94. The first kappa shape index (κ1) is 30.5. The molecule has 3 aromatic rings. The molecule has 1 aliphatic rings. The van der Waals surface area contributed by atoms with E-state index in [2.05, 4.69) is 20.1 Å². The molecule has 4 rings (SSSR count). The van der Waals surface area contributed by atoms with Gasteiger partial charge in [0.15, 0.2) is 0 Å². The Morgan fingerprint density at radius 1 is 0.927 bits per heavy atom. The minimum Gasteiger partial charge on any atom is -0.369 e. The highest BCUT2D eigenvalue weighted by Crippen LogP contribution is 2.50. The number of amides is 1. The molecule has 1 unspecified atom stereocenters. The van der Waals surface area contributed by atoms with E-state index in [1.165, 1.54) is 0 Å². The van der Waals surface area contributed by atoms with Crippen LogP contribution in [-0.2, 0) is 23.5 Å². The SMILES string of the molecule is CNC(=O)C1CN(Cc2ccncc2)CCN1Cc1ccc(-c2ccc(C(O)(C(F)(F)F)C(F)(F)F)cc2)c(C)c1. The quantitative estimate of drug-likeness (QED) is 0.393. The molecule has 41 heavy (non-hydrogen) atoms. The lowest BCUT2D eigenvalue weighted by Crippen LogP contribution is -2.57. The first-order chi connectivity index (χ1) is 19.2. The van der Waals surface area contributed by atoms with Gasteiger partial charge in [-0.1, -0.05) is 42.5 Å². The standard InChI is InChI=1S/C29H30F6N4O2/c1-19-15-21(17-39-14-13-38(18-25(39)26(40)36-2)16-20-9-11-37-12-10-20)3-8-24(19)22-4-6-23(7-5-22)27(41,28(30,31)32)29(33,34)35/h3-12,15,25,41H,13-14,16-18H2,1-2H3,(H,36,40). The lowest BCUT2D eigenvalue weighted by atomic mass is 9.90. The van der Waals surface area contributed by atoms with Crippen molar-refractivity contribution in [2.45, 2.75) is 44.0 Å². The van der Waals surface area contributed by atoms with Crippen LogP contribution in [0.4, 0.5) is 26.3 Å². The first-order valence-corrected chi connectivity index (χ1v) is 12.9. The lowest BCUT2D eigenvalue weighted by Gasteiger charge is -2.40. The summed E-state index contributed by atoms with van der Waals surface area (Å²) in [5, 5.41) is 12.4. The van der Waals surface area contributed by atoms with Crippen LogP contribution in [0.25, 0.3) is 11.1 Å². The normalized spacial score (nSPS) is 17.4. The third-order valence-corrected chi connectivity index (χ3v) is 7.39. The monoisotopic (exact) mass is 580 g/mol. The fourth-order valence-corrected chi connectivity index (χ4v) is 5.13. The Kier molecular flexibility index (Phi) is 8.76. The zero-order valence-electron chi connectivity index (χ0n) is 22.4. The highest BCUT2D eigenvalue weighted by molar-refractivity contribution is 5.81. The summed E-state index contributed by atoms with van der Waals surface area (Å²) >= 11 is 0. The Morgan fingerprint density at radius 2 is 1.56 bits per heavy atom. The molecule has 0 radical (unpaired) electrons. The molecule has 2 heterocycles. The van der Waals surface area contributed by atoms with Gasteiger partial charge in [0, 0.05) is 57.7 Å². The number of nitrogens with zero attached hydrogens (tertiary/aromatic N) is 3. The van der Waals surface area contributed by atoms with Gasteiger partial charge in [-0.25, -0.2) is 0 Å². The van der Waals surface area contributed by atoms with E-state index >= 15 is 0 Å². The summed E-state index contributed by atoms with van der Waals surface area (Å²) in [6, 6.07) is 12.5. The summed E-state index contributed by atoms with van der Waals surface area (Å²) in [6.45, 7) is 4.89. The third kappa shape index (κ3) is 6.39. The first-order valence-electron chi connectivity index (χ1n) is 12.9.